The van der Waals surface area contributed by atoms with Crippen LogP contribution in [0.4, 0.5) is 16.2 Å². The molecule has 4 N–H and O–H groups in total. The first-order valence-electron chi connectivity index (χ1n) is 7.48. The van der Waals surface area contributed by atoms with Crippen LogP contribution in [0.25, 0.3) is 0 Å². The highest BCUT2D eigenvalue weighted by Crippen LogP contribution is 2.22. The minimum Gasteiger partial charge on any atom is -0.376 e. The van der Waals surface area contributed by atoms with Gasteiger partial charge in [-0.05, 0) is 30.5 Å². The second-order valence-electron chi connectivity index (χ2n) is 5.66. The molecular weight excluding hydrogens is 296 g/mol. The zero-order valence-electron chi connectivity index (χ0n) is 13.9. The van der Waals surface area contributed by atoms with Crippen LogP contribution in [0.1, 0.15) is 26.3 Å². The largest absolute Gasteiger partial charge is 0.376 e. The molecule has 0 atom stereocenters. The zero-order chi connectivity index (χ0) is 17.4. The number of carbonyl (C=O) groups is 3. The van der Waals surface area contributed by atoms with Crippen LogP contribution >= 0.6 is 0 Å². The maximum Gasteiger partial charge on any atom is 0.321 e. The fourth-order valence-electron chi connectivity index (χ4n) is 1.84. The lowest BCUT2D eigenvalue weighted by Crippen LogP contribution is -2.43. The highest BCUT2D eigenvalue weighted by Gasteiger charge is 2.09. The first-order valence-corrected chi connectivity index (χ1v) is 7.48. The number of carbonyl (C=O) groups excluding carboxylic acids is 3. The summed E-state index contributed by atoms with van der Waals surface area (Å²) in [5.41, 5.74) is 2.21. The van der Waals surface area contributed by atoms with Gasteiger partial charge in [-0.2, -0.15) is 0 Å². The summed E-state index contributed by atoms with van der Waals surface area (Å²) < 4.78 is 0. The highest BCUT2D eigenvalue weighted by atomic mass is 16.2. The van der Waals surface area contributed by atoms with Gasteiger partial charge in [0.1, 0.15) is 0 Å². The van der Waals surface area contributed by atoms with Gasteiger partial charge >= 0.3 is 6.03 Å². The van der Waals surface area contributed by atoms with Crippen LogP contribution in [0, 0.1) is 12.8 Å². The zero-order valence-corrected chi connectivity index (χ0v) is 13.9. The molecular formula is C16H24N4O3. The van der Waals surface area contributed by atoms with Crippen molar-refractivity contribution in [1.82, 2.24) is 10.6 Å². The molecule has 4 amide bonds. The van der Waals surface area contributed by atoms with E-state index in [9.17, 15) is 14.4 Å². The number of amides is 4. The average Bonchev–Trinajstić information content (AvgIpc) is 2.45. The van der Waals surface area contributed by atoms with Crippen molar-refractivity contribution in [2.75, 3.05) is 23.7 Å². The van der Waals surface area contributed by atoms with E-state index in [-0.39, 0.29) is 12.5 Å². The van der Waals surface area contributed by atoms with E-state index in [1.807, 2.05) is 20.8 Å². The van der Waals surface area contributed by atoms with Crippen LogP contribution in [0.2, 0.25) is 0 Å². The third kappa shape index (κ3) is 6.82. The molecule has 23 heavy (non-hydrogen) atoms. The molecule has 1 aromatic rings. The van der Waals surface area contributed by atoms with Crippen molar-refractivity contribution in [1.29, 1.82) is 0 Å². The normalized spacial score (nSPS) is 10.1. The fourth-order valence-corrected chi connectivity index (χ4v) is 1.84. The Hall–Kier alpha value is -2.57. The molecule has 0 aliphatic heterocycles. The summed E-state index contributed by atoms with van der Waals surface area (Å²) >= 11 is 0. The van der Waals surface area contributed by atoms with Gasteiger partial charge in [-0.3, -0.25) is 14.9 Å². The second kappa shape index (κ2) is 8.77. The number of benzene rings is 1. The Balaban J connectivity index is 2.53. The topological polar surface area (TPSA) is 99.3 Å². The molecule has 0 bridgehead atoms. The van der Waals surface area contributed by atoms with E-state index >= 15 is 0 Å². The van der Waals surface area contributed by atoms with Gasteiger partial charge in [0, 0.05) is 24.8 Å². The average molecular weight is 320 g/mol. The van der Waals surface area contributed by atoms with Crippen LogP contribution in [-0.2, 0) is 9.59 Å². The Labute approximate surface area is 136 Å². The van der Waals surface area contributed by atoms with E-state index in [1.165, 1.54) is 6.92 Å². The molecule has 0 heterocycles. The Morgan fingerprint density at radius 1 is 1.13 bits per heavy atom. The lowest BCUT2D eigenvalue weighted by Gasteiger charge is -2.13. The molecule has 126 valence electrons. The summed E-state index contributed by atoms with van der Waals surface area (Å²) in [6.45, 7) is 7.66. The van der Waals surface area contributed by atoms with E-state index in [1.54, 1.807) is 18.2 Å². The van der Waals surface area contributed by atoms with Crippen LogP contribution in [0.5, 0.6) is 0 Å². The lowest BCUT2D eigenvalue weighted by atomic mass is 10.1. The van der Waals surface area contributed by atoms with E-state index in [2.05, 4.69) is 21.3 Å². The van der Waals surface area contributed by atoms with E-state index in [4.69, 9.17) is 0 Å². The summed E-state index contributed by atoms with van der Waals surface area (Å²) in [6.07, 6.45) is 0. The van der Waals surface area contributed by atoms with Crippen molar-refractivity contribution in [3.63, 3.8) is 0 Å². The number of hydrogen-bond acceptors (Lipinski definition) is 4. The molecule has 0 saturated heterocycles. The SMILES string of the molecule is CC(=O)Nc1cccc(NCC(=O)NC(=O)NCC(C)C)c1C. The number of rotatable bonds is 6. The summed E-state index contributed by atoms with van der Waals surface area (Å²) in [6, 6.07) is 4.84. The van der Waals surface area contributed by atoms with E-state index in [0.717, 1.165) is 5.56 Å². The van der Waals surface area contributed by atoms with E-state index < -0.39 is 11.9 Å². The van der Waals surface area contributed by atoms with Gasteiger partial charge in [0.25, 0.3) is 0 Å². The molecule has 0 aliphatic carbocycles. The van der Waals surface area contributed by atoms with Gasteiger partial charge < -0.3 is 16.0 Å². The minimum atomic E-state index is -0.505. The van der Waals surface area contributed by atoms with Crippen LogP contribution in [-0.4, -0.2) is 30.9 Å². The van der Waals surface area contributed by atoms with Gasteiger partial charge in [-0.1, -0.05) is 19.9 Å². The smallest absolute Gasteiger partial charge is 0.321 e. The first-order chi connectivity index (χ1) is 10.8. The monoisotopic (exact) mass is 320 g/mol. The molecule has 0 fully saturated rings. The number of anilines is 2. The predicted octanol–water partition coefficient (Wildman–Crippen LogP) is 1.85. The molecule has 7 heteroatoms. The van der Waals surface area contributed by atoms with E-state index in [0.29, 0.717) is 23.8 Å². The number of imide groups is 1. The molecule has 0 saturated carbocycles. The van der Waals surface area contributed by atoms with Gasteiger partial charge in [0.15, 0.2) is 0 Å². The van der Waals surface area contributed by atoms with Gasteiger partial charge in [0.2, 0.25) is 11.8 Å². The van der Waals surface area contributed by atoms with Crippen molar-refractivity contribution in [3.8, 4) is 0 Å². The van der Waals surface area contributed by atoms with Gasteiger partial charge in [-0.25, -0.2) is 4.79 Å². The molecule has 0 aromatic heterocycles. The Morgan fingerprint density at radius 3 is 2.39 bits per heavy atom. The molecule has 7 nitrogen and oxygen atoms in total. The van der Waals surface area contributed by atoms with Crippen LogP contribution < -0.4 is 21.3 Å². The summed E-state index contributed by atoms with van der Waals surface area (Å²) in [7, 11) is 0. The number of urea groups is 1. The molecule has 0 aliphatic rings. The van der Waals surface area contributed by atoms with Crippen LogP contribution in [0.3, 0.4) is 0 Å². The third-order valence-electron chi connectivity index (χ3n) is 3.01. The third-order valence-corrected chi connectivity index (χ3v) is 3.01. The Morgan fingerprint density at radius 2 is 1.78 bits per heavy atom. The molecule has 0 spiro atoms. The Bertz CT molecular complexity index is 585. The van der Waals surface area contributed by atoms with Crippen molar-refractivity contribution in [2.24, 2.45) is 5.92 Å². The maximum absolute atomic E-state index is 11.7. The fraction of sp³-hybridized carbons (Fsp3) is 0.438. The van der Waals surface area contributed by atoms with Crippen LogP contribution in [0.15, 0.2) is 18.2 Å². The van der Waals surface area contributed by atoms with Gasteiger partial charge in [-0.15, -0.1) is 0 Å². The Kier molecular flexibility index (Phi) is 7.05. The summed E-state index contributed by atoms with van der Waals surface area (Å²) in [4.78, 5) is 34.4. The second-order valence-corrected chi connectivity index (χ2v) is 5.66. The standard InChI is InChI=1S/C16H24N4O3/c1-10(2)8-18-16(23)20-15(22)9-17-13-6-5-7-14(11(13)3)19-12(4)21/h5-7,10,17H,8-9H2,1-4H3,(H,19,21)(H2,18,20,22,23). The molecule has 0 radical (unpaired) electrons. The number of hydrogen-bond donors (Lipinski definition) is 4. The maximum atomic E-state index is 11.7. The van der Waals surface area contributed by atoms with Crippen molar-refractivity contribution < 1.29 is 14.4 Å². The molecule has 0 unspecified atom stereocenters. The quantitative estimate of drug-likeness (QED) is 0.643. The molecule has 1 rings (SSSR count). The minimum absolute atomic E-state index is 0.0422. The highest BCUT2D eigenvalue weighted by molar-refractivity contribution is 5.96. The molecule has 1 aromatic carbocycles. The summed E-state index contributed by atoms with van der Waals surface area (Å²) in [5.74, 6) is -0.284. The first kappa shape index (κ1) is 18.5. The lowest BCUT2D eigenvalue weighted by molar-refractivity contribution is -0.118. The number of nitrogens with one attached hydrogen (secondary N) is 4. The predicted molar refractivity (Wildman–Crippen MR) is 90.4 cm³/mol. The van der Waals surface area contributed by atoms with Crippen molar-refractivity contribution in [2.45, 2.75) is 27.7 Å². The van der Waals surface area contributed by atoms with Crippen molar-refractivity contribution in [3.05, 3.63) is 23.8 Å². The van der Waals surface area contributed by atoms with Gasteiger partial charge in [0.05, 0.1) is 6.54 Å². The summed E-state index contributed by atoms with van der Waals surface area (Å²) in [5, 5.41) is 10.5. The van der Waals surface area contributed by atoms with Crippen molar-refractivity contribution >= 4 is 29.2 Å².